The first kappa shape index (κ1) is 9.74. The highest BCUT2D eigenvalue weighted by atomic mass is 35.5. The minimum atomic E-state index is 0.783. The number of halogens is 1. The van der Waals surface area contributed by atoms with Crippen LogP contribution in [0, 0.1) is 6.92 Å². The predicted molar refractivity (Wildman–Crippen MR) is 63.5 cm³/mol. The maximum atomic E-state index is 6.02. The third-order valence-electron chi connectivity index (χ3n) is 2.08. The molecule has 0 fully saturated rings. The molecule has 1 N–H and O–H groups in total. The van der Waals surface area contributed by atoms with Crippen LogP contribution in [0.4, 0.5) is 5.13 Å². The van der Waals surface area contributed by atoms with E-state index in [-0.39, 0.29) is 0 Å². The van der Waals surface area contributed by atoms with Gasteiger partial charge in [-0.15, -0.1) is 0 Å². The Bertz CT molecular complexity index is 464. The van der Waals surface area contributed by atoms with E-state index in [9.17, 15) is 0 Å². The van der Waals surface area contributed by atoms with Gasteiger partial charge in [0.15, 0.2) is 5.13 Å². The maximum Gasteiger partial charge on any atom is 0.183 e. The Morgan fingerprint density at radius 2 is 2.29 bits per heavy atom. The number of nitrogens with one attached hydrogen (secondary N) is 1. The van der Waals surface area contributed by atoms with Gasteiger partial charge in [0, 0.05) is 11.6 Å². The molecule has 0 spiro atoms. The van der Waals surface area contributed by atoms with Crippen molar-refractivity contribution in [3.8, 4) is 0 Å². The van der Waals surface area contributed by atoms with E-state index in [1.165, 1.54) is 4.70 Å². The lowest BCUT2D eigenvalue weighted by atomic mass is 10.2. The Kier molecular flexibility index (Phi) is 2.61. The van der Waals surface area contributed by atoms with E-state index in [1.54, 1.807) is 11.3 Å². The minimum absolute atomic E-state index is 0.783. The summed E-state index contributed by atoms with van der Waals surface area (Å²) in [7, 11) is 0. The largest absolute Gasteiger partial charge is 0.362 e. The molecule has 0 atom stereocenters. The minimum Gasteiger partial charge on any atom is -0.362 e. The van der Waals surface area contributed by atoms with Crippen LogP contribution < -0.4 is 5.32 Å². The fourth-order valence-electron chi connectivity index (χ4n) is 1.33. The fraction of sp³-hybridized carbons (Fsp3) is 0.300. The number of hydrogen-bond donors (Lipinski definition) is 1. The lowest BCUT2D eigenvalue weighted by Gasteiger charge is -1.96. The van der Waals surface area contributed by atoms with E-state index >= 15 is 0 Å². The Balaban J connectivity index is 2.59. The molecule has 1 aromatic carbocycles. The van der Waals surface area contributed by atoms with E-state index < -0.39 is 0 Å². The number of aryl methyl sites for hydroxylation is 1. The molecule has 4 heteroatoms. The van der Waals surface area contributed by atoms with Gasteiger partial charge in [-0.3, -0.25) is 0 Å². The van der Waals surface area contributed by atoms with Gasteiger partial charge in [-0.25, -0.2) is 4.98 Å². The van der Waals surface area contributed by atoms with Gasteiger partial charge >= 0.3 is 0 Å². The van der Waals surface area contributed by atoms with Crippen molar-refractivity contribution in [1.29, 1.82) is 0 Å². The zero-order valence-corrected chi connectivity index (χ0v) is 9.67. The zero-order valence-electron chi connectivity index (χ0n) is 8.10. The fourth-order valence-corrected chi connectivity index (χ4v) is 2.47. The molecule has 0 amide bonds. The molecular weight excluding hydrogens is 216 g/mol. The summed E-state index contributed by atoms with van der Waals surface area (Å²) in [5.74, 6) is 0. The predicted octanol–water partition coefficient (Wildman–Crippen LogP) is 3.69. The number of hydrogen-bond acceptors (Lipinski definition) is 3. The van der Waals surface area contributed by atoms with Gasteiger partial charge in [-0.1, -0.05) is 22.9 Å². The molecule has 2 nitrogen and oxygen atoms in total. The highest BCUT2D eigenvalue weighted by molar-refractivity contribution is 7.22. The average Bonchev–Trinajstić information content (AvgIpc) is 2.56. The second-order valence-electron chi connectivity index (χ2n) is 3.07. The molecule has 74 valence electrons. The van der Waals surface area contributed by atoms with Crippen molar-refractivity contribution in [1.82, 2.24) is 4.98 Å². The van der Waals surface area contributed by atoms with Crippen LogP contribution in [-0.4, -0.2) is 11.5 Å². The molecule has 1 aromatic heterocycles. The van der Waals surface area contributed by atoms with E-state index in [1.807, 2.05) is 19.1 Å². The Morgan fingerprint density at radius 3 is 3.00 bits per heavy atom. The summed E-state index contributed by atoms with van der Waals surface area (Å²) in [5.41, 5.74) is 2.07. The van der Waals surface area contributed by atoms with Gasteiger partial charge in [0.2, 0.25) is 0 Å². The van der Waals surface area contributed by atoms with Crippen molar-refractivity contribution in [3.05, 3.63) is 22.7 Å². The Hall–Kier alpha value is -0.800. The first-order valence-corrected chi connectivity index (χ1v) is 5.71. The highest BCUT2D eigenvalue weighted by Gasteiger charge is 2.07. The van der Waals surface area contributed by atoms with Gasteiger partial charge < -0.3 is 5.32 Å². The summed E-state index contributed by atoms with van der Waals surface area (Å²) in [6.45, 7) is 4.96. The standard InChI is InChI=1S/C10H11ClN2S/c1-3-12-10-13-9-6(2)7(11)4-5-8(9)14-10/h4-5H,3H2,1-2H3,(H,12,13). The van der Waals surface area contributed by atoms with Gasteiger partial charge in [-0.05, 0) is 31.5 Å². The molecule has 0 aliphatic carbocycles. The van der Waals surface area contributed by atoms with Gasteiger partial charge in [-0.2, -0.15) is 0 Å². The maximum absolute atomic E-state index is 6.02. The summed E-state index contributed by atoms with van der Waals surface area (Å²) in [5, 5.41) is 4.96. The van der Waals surface area contributed by atoms with E-state index in [0.717, 1.165) is 27.8 Å². The van der Waals surface area contributed by atoms with Crippen molar-refractivity contribution < 1.29 is 0 Å². The van der Waals surface area contributed by atoms with Gasteiger partial charge in [0.05, 0.1) is 10.2 Å². The monoisotopic (exact) mass is 226 g/mol. The highest BCUT2D eigenvalue weighted by Crippen LogP contribution is 2.31. The summed E-state index contributed by atoms with van der Waals surface area (Å²) in [6, 6.07) is 3.94. The third-order valence-corrected chi connectivity index (χ3v) is 3.46. The van der Waals surface area contributed by atoms with Crippen LogP contribution in [0.2, 0.25) is 5.02 Å². The molecule has 1 heterocycles. The number of thiazole rings is 1. The first-order valence-electron chi connectivity index (χ1n) is 4.52. The molecule has 0 radical (unpaired) electrons. The zero-order chi connectivity index (χ0) is 10.1. The number of aromatic nitrogens is 1. The summed E-state index contributed by atoms with van der Waals surface area (Å²) in [4.78, 5) is 4.49. The van der Waals surface area contributed by atoms with Gasteiger partial charge in [0.1, 0.15) is 0 Å². The average molecular weight is 227 g/mol. The smallest absolute Gasteiger partial charge is 0.183 e. The quantitative estimate of drug-likeness (QED) is 0.845. The van der Waals surface area contributed by atoms with Crippen LogP contribution in [-0.2, 0) is 0 Å². The van der Waals surface area contributed by atoms with Crippen molar-refractivity contribution in [3.63, 3.8) is 0 Å². The molecule has 0 bridgehead atoms. The Morgan fingerprint density at radius 1 is 1.50 bits per heavy atom. The summed E-state index contributed by atoms with van der Waals surface area (Å²) < 4.78 is 1.18. The van der Waals surface area contributed by atoms with E-state index in [2.05, 4.69) is 17.2 Å². The number of benzene rings is 1. The molecular formula is C10H11ClN2S. The van der Waals surface area contributed by atoms with E-state index in [4.69, 9.17) is 11.6 Å². The Labute approximate surface area is 91.9 Å². The van der Waals surface area contributed by atoms with Gasteiger partial charge in [0.25, 0.3) is 0 Å². The van der Waals surface area contributed by atoms with Crippen molar-refractivity contribution in [2.75, 3.05) is 11.9 Å². The molecule has 2 rings (SSSR count). The summed E-state index contributed by atoms with van der Waals surface area (Å²) >= 11 is 7.68. The van der Waals surface area contributed by atoms with Crippen LogP contribution in [0.5, 0.6) is 0 Å². The number of rotatable bonds is 2. The second kappa shape index (κ2) is 3.75. The SMILES string of the molecule is CCNc1nc2c(C)c(Cl)ccc2s1. The number of anilines is 1. The van der Waals surface area contributed by atoms with Crippen molar-refractivity contribution >= 4 is 38.3 Å². The van der Waals surface area contributed by atoms with Crippen LogP contribution in [0.15, 0.2) is 12.1 Å². The first-order chi connectivity index (χ1) is 6.72. The lowest BCUT2D eigenvalue weighted by molar-refractivity contribution is 1.20. The van der Waals surface area contributed by atoms with Crippen LogP contribution in [0.1, 0.15) is 12.5 Å². The van der Waals surface area contributed by atoms with Crippen molar-refractivity contribution in [2.24, 2.45) is 0 Å². The van der Waals surface area contributed by atoms with Crippen LogP contribution >= 0.6 is 22.9 Å². The normalized spacial score (nSPS) is 10.8. The molecule has 14 heavy (non-hydrogen) atoms. The molecule has 0 saturated heterocycles. The summed E-state index contributed by atoms with van der Waals surface area (Å²) in [6.07, 6.45) is 0. The molecule has 0 saturated carbocycles. The topological polar surface area (TPSA) is 24.9 Å². The molecule has 0 aliphatic heterocycles. The third kappa shape index (κ3) is 1.57. The van der Waals surface area contributed by atoms with Crippen molar-refractivity contribution in [2.45, 2.75) is 13.8 Å². The van der Waals surface area contributed by atoms with Crippen LogP contribution in [0.3, 0.4) is 0 Å². The van der Waals surface area contributed by atoms with Crippen LogP contribution in [0.25, 0.3) is 10.2 Å². The molecule has 0 unspecified atom stereocenters. The number of fused-ring (bicyclic) bond motifs is 1. The lowest BCUT2D eigenvalue weighted by Crippen LogP contribution is -1.94. The van der Waals surface area contributed by atoms with E-state index in [0.29, 0.717) is 0 Å². The molecule has 2 aromatic rings. The number of nitrogens with zero attached hydrogens (tertiary/aromatic N) is 1. The molecule has 0 aliphatic rings. The second-order valence-corrected chi connectivity index (χ2v) is 4.51.